The molecular formula is C19H21N3O2. The van der Waals surface area contributed by atoms with Gasteiger partial charge in [-0.15, -0.1) is 0 Å². The molecule has 1 amide bonds. The lowest BCUT2D eigenvalue weighted by atomic mass is 10.2. The van der Waals surface area contributed by atoms with Gasteiger partial charge in [0.15, 0.2) is 0 Å². The van der Waals surface area contributed by atoms with E-state index in [2.05, 4.69) is 27.6 Å². The van der Waals surface area contributed by atoms with E-state index in [1.54, 1.807) is 37.6 Å². The van der Waals surface area contributed by atoms with Crippen LogP contribution < -0.4 is 15.1 Å². The molecule has 1 aliphatic heterocycles. The quantitative estimate of drug-likeness (QED) is 0.679. The number of benzene rings is 2. The fraction of sp³-hybridized carbons (Fsp3) is 0.263. The third kappa shape index (κ3) is 3.93. The highest BCUT2D eigenvalue weighted by molar-refractivity contribution is 5.95. The molecule has 1 aliphatic rings. The predicted molar refractivity (Wildman–Crippen MR) is 95.9 cm³/mol. The molecule has 1 heterocycles. The molecule has 0 aromatic heterocycles. The van der Waals surface area contributed by atoms with E-state index < -0.39 is 0 Å². The molecular weight excluding hydrogens is 302 g/mol. The number of anilines is 1. The third-order valence-electron chi connectivity index (χ3n) is 4.10. The standard InChI is InChI=1S/C19H21N3O2/c1-24-18-10-6-16(7-11-18)19(23)21-20-14-15-4-8-17(9-5-15)22-12-2-3-13-22/h4-11,14H,2-3,12-13H2,1H3,(H,21,23). The first-order valence-electron chi connectivity index (χ1n) is 8.09. The Bertz CT molecular complexity index is 702. The molecule has 0 atom stereocenters. The molecule has 1 N–H and O–H groups in total. The Hall–Kier alpha value is -2.82. The van der Waals surface area contributed by atoms with Crippen molar-refractivity contribution in [3.63, 3.8) is 0 Å². The Kier molecular flexibility index (Phi) is 5.11. The van der Waals surface area contributed by atoms with E-state index >= 15 is 0 Å². The average Bonchev–Trinajstić information content (AvgIpc) is 3.17. The fourth-order valence-electron chi connectivity index (χ4n) is 2.72. The van der Waals surface area contributed by atoms with Gasteiger partial charge in [-0.1, -0.05) is 12.1 Å². The molecule has 124 valence electrons. The number of nitrogens with zero attached hydrogens (tertiary/aromatic N) is 2. The number of hydrogen-bond acceptors (Lipinski definition) is 4. The summed E-state index contributed by atoms with van der Waals surface area (Å²) in [5.74, 6) is 0.468. The van der Waals surface area contributed by atoms with Gasteiger partial charge in [0, 0.05) is 24.3 Å². The third-order valence-corrected chi connectivity index (χ3v) is 4.10. The van der Waals surface area contributed by atoms with Gasteiger partial charge in [-0.3, -0.25) is 4.79 Å². The maximum absolute atomic E-state index is 12.0. The summed E-state index contributed by atoms with van der Waals surface area (Å²) in [4.78, 5) is 14.4. The molecule has 0 spiro atoms. The summed E-state index contributed by atoms with van der Waals surface area (Å²) in [5, 5.41) is 4.02. The van der Waals surface area contributed by atoms with Gasteiger partial charge in [-0.05, 0) is 54.8 Å². The first-order chi connectivity index (χ1) is 11.8. The summed E-state index contributed by atoms with van der Waals surface area (Å²) in [6, 6.07) is 15.1. The van der Waals surface area contributed by atoms with Gasteiger partial charge < -0.3 is 9.64 Å². The Morgan fingerprint density at radius 3 is 2.38 bits per heavy atom. The van der Waals surface area contributed by atoms with Crippen molar-refractivity contribution in [1.29, 1.82) is 0 Å². The number of methoxy groups -OCH3 is 1. The van der Waals surface area contributed by atoms with Gasteiger partial charge >= 0.3 is 0 Å². The molecule has 5 nitrogen and oxygen atoms in total. The van der Waals surface area contributed by atoms with Crippen LogP contribution in [-0.2, 0) is 0 Å². The summed E-state index contributed by atoms with van der Waals surface area (Å²) >= 11 is 0. The normalized spacial score (nSPS) is 14.1. The largest absolute Gasteiger partial charge is 0.497 e. The van der Waals surface area contributed by atoms with Crippen LogP contribution in [0.1, 0.15) is 28.8 Å². The predicted octanol–water partition coefficient (Wildman–Crippen LogP) is 3.06. The van der Waals surface area contributed by atoms with Crippen molar-refractivity contribution in [2.75, 3.05) is 25.1 Å². The van der Waals surface area contributed by atoms with E-state index in [4.69, 9.17) is 4.74 Å². The number of nitrogens with one attached hydrogen (secondary N) is 1. The zero-order valence-corrected chi connectivity index (χ0v) is 13.7. The molecule has 0 radical (unpaired) electrons. The second-order valence-electron chi connectivity index (χ2n) is 5.71. The van der Waals surface area contributed by atoms with Crippen molar-refractivity contribution < 1.29 is 9.53 Å². The second-order valence-corrected chi connectivity index (χ2v) is 5.71. The van der Waals surface area contributed by atoms with Crippen molar-refractivity contribution in [2.45, 2.75) is 12.8 Å². The SMILES string of the molecule is COc1ccc(C(=O)NN=Cc2ccc(N3CCCC3)cc2)cc1. The monoisotopic (exact) mass is 323 g/mol. The van der Waals surface area contributed by atoms with E-state index in [1.807, 2.05) is 12.1 Å². The van der Waals surface area contributed by atoms with E-state index in [9.17, 15) is 4.79 Å². The summed E-state index contributed by atoms with van der Waals surface area (Å²) in [7, 11) is 1.59. The topological polar surface area (TPSA) is 53.9 Å². The molecule has 1 saturated heterocycles. The number of carbonyl (C=O) groups excluding carboxylic acids is 1. The number of hydrogen-bond donors (Lipinski definition) is 1. The van der Waals surface area contributed by atoms with Gasteiger partial charge in [-0.25, -0.2) is 5.43 Å². The maximum atomic E-state index is 12.0. The van der Waals surface area contributed by atoms with Crippen LogP contribution in [0.15, 0.2) is 53.6 Å². The Morgan fingerprint density at radius 1 is 1.08 bits per heavy atom. The van der Waals surface area contributed by atoms with E-state index in [0.29, 0.717) is 11.3 Å². The number of ether oxygens (including phenoxy) is 1. The van der Waals surface area contributed by atoms with Crippen molar-refractivity contribution >= 4 is 17.8 Å². The minimum absolute atomic E-state index is 0.248. The van der Waals surface area contributed by atoms with Gasteiger partial charge in [-0.2, -0.15) is 5.10 Å². The van der Waals surface area contributed by atoms with E-state index in [-0.39, 0.29) is 5.91 Å². The lowest BCUT2D eigenvalue weighted by molar-refractivity contribution is 0.0955. The number of amides is 1. The van der Waals surface area contributed by atoms with Crippen LogP contribution in [0, 0.1) is 0 Å². The second kappa shape index (κ2) is 7.64. The molecule has 5 heteroatoms. The molecule has 0 aliphatic carbocycles. The van der Waals surface area contributed by atoms with Gasteiger partial charge in [0.2, 0.25) is 0 Å². The van der Waals surface area contributed by atoms with Crippen molar-refractivity contribution in [2.24, 2.45) is 5.10 Å². The number of carbonyl (C=O) groups is 1. The molecule has 2 aromatic carbocycles. The van der Waals surface area contributed by atoms with Gasteiger partial charge in [0.1, 0.15) is 5.75 Å². The first kappa shape index (κ1) is 16.1. The van der Waals surface area contributed by atoms with Crippen LogP contribution in [-0.4, -0.2) is 32.3 Å². The van der Waals surface area contributed by atoms with Crippen molar-refractivity contribution in [3.05, 3.63) is 59.7 Å². The first-order valence-corrected chi connectivity index (χ1v) is 8.09. The smallest absolute Gasteiger partial charge is 0.271 e. The highest BCUT2D eigenvalue weighted by Crippen LogP contribution is 2.19. The molecule has 2 aromatic rings. The fourth-order valence-corrected chi connectivity index (χ4v) is 2.72. The Balaban J connectivity index is 1.56. The summed E-state index contributed by atoms with van der Waals surface area (Å²) in [5.41, 5.74) is 5.27. The van der Waals surface area contributed by atoms with E-state index in [1.165, 1.54) is 18.5 Å². The zero-order valence-electron chi connectivity index (χ0n) is 13.7. The van der Waals surface area contributed by atoms with Crippen LogP contribution in [0.25, 0.3) is 0 Å². The lowest BCUT2D eigenvalue weighted by Gasteiger charge is -2.17. The Labute approximate surface area is 141 Å². The van der Waals surface area contributed by atoms with Crippen LogP contribution in [0.3, 0.4) is 0 Å². The molecule has 24 heavy (non-hydrogen) atoms. The highest BCUT2D eigenvalue weighted by Gasteiger charge is 2.11. The van der Waals surface area contributed by atoms with Crippen LogP contribution in [0.2, 0.25) is 0 Å². The minimum Gasteiger partial charge on any atom is -0.497 e. The van der Waals surface area contributed by atoms with Crippen LogP contribution >= 0.6 is 0 Å². The average molecular weight is 323 g/mol. The zero-order chi connectivity index (χ0) is 16.8. The van der Waals surface area contributed by atoms with Crippen LogP contribution in [0.5, 0.6) is 5.75 Å². The molecule has 0 saturated carbocycles. The molecule has 1 fully saturated rings. The van der Waals surface area contributed by atoms with Gasteiger partial charge in [0.05, 0.1) is 13.3 Å². The summed E-state index contributed by atoms with van der Waals surface area (Å²) < 4.78 is 5.07. The van der Waals surface area contributed by atoms with Crippen molar-refractivity contribution in [3.8, 4) is 5.75 Å². The number of hydrazone groups is 1. The summed E-state index contributed by atoms with van der Waals surface area (Å²) in [6.45, 7) is 2.26. The van der Waals surface area contributed by atoms with Gasteiger partial charge in [0.25, 0.3) is 5.91 Å². The Morgan fingerprint density at radius 2 is 1.75 bits per heavy atom. The molecule has 0 bridgehead atoms. The van der Waals surface area contributed by atoms with E-state index in [0.717, 1.165) is 18.7 Å². The lowest BCUT2D eigenvalue weighted by Crippen LogP contribution is -2.18. The molecule has 3 rings (SSSR count). The molecule has 0 unspecified atom stereocenters. The number of rotatable bonds is 5. The highest BCUT2D eigenvalue weighted by atomic mass is 16.5. The van der Waals surface area contributed by atoms with Crippen LogP contribution in [0.4, 0.5) is 5.69 Å². The summed E-state index contributed by atoms with van der Waals surface area (Å²) in [6.07, 6.45) is 4.18. The minimum atomic E-state index is -0.248. The maximum Gasteiger partial charge on any atom is 0.271 e. The van der Waals surface area contributed by atoms with Crippen molar-refractivity contribution in [1.82, 2.24) is 5.43 Å².